The van der Waals surface area contributed by atoms with E-state index >= 15 is 0 Å². The maximum Gasteiger partial charge on any atom is 0.266 e. The molecule has 0 aliphatic carbocycles. The molecule has 0 N–H and O–H groups in total. The summed E-state index contributed by atoms with van der Waals surface area (Å²) in [4.78, 5) is 19.7. The van der Waals surface area contributed by atoms with Gasteiger partial charge in [0, 0.05) is 6.54 Å². The fraction of sp³-hybridized carbons (Fsp3) is 0.217. The van der Waals surface area contributed by atoms with E-state index in [-0.39, 0.29) is 12.5 Å². The van der Waals surface area contributed by atoms with E-state index in [0.717, 1.165) is 17.0 Å². The summed E-state index contributed by atoms with van der Waals surface area (Å²) in [5, 5.41) is 0.668. The van der Waals surface area contributed by atoms with Crippen molar-refractivity contribution in [1.29, 1.82) is 0 Å². The highest BCUT2D eigenvalue weighted by Crippen LogP contribution is 2.34. The summed E-state index contributed by atoms with van der Waals surface area (Å²) in [6.45, 7) is 5.28. The minimum atomic E-state index is -0.0464. The second-order valence-electron chi connectivity index (χ2n) is 6.04. The van der Waals surface area contributed by atoms with Gasteiger partial charge >= 0.3 is 0 Å². The Kier molecular flexibility index (Phi) is 6.99. The molecule has 5 nitrogen and oxygen atoms in total. The fourth-order valence-electron chi connectivity index (χ4n) is 2.70. The van der Waals surface area contributed by atoms with E-state index in [1.807, 2.05) is 68.5 Å². The van der Waals surface area contributed by atoms with Crippen LogP contribution in [0.25, 0.3) is 6.08 Å². The molecule has 2 aromatic carbocycles. The Balaban J connectivity index is 1.79. The van der Waals surface area contributed by atoms with Crippen molar-refractivity contribution in [2.45, 2.75) is 13.8 Å². The first-order valence-corrected chi connectivity index (χ1v) is 10.2. The summed E-state index contributed by atoms with van der Waals surface area (Å²) in [6.07, 6.45) is 7.06. The number of aliphatic imine (C=N–C) groups is 1. The lowest BCUT2D eigenvalue weighted by Crippen LogP contribution is -2.28. The summed E-state index contributed by atoms with van der Waals surface area (Å²) in [5.74, 6) is 3.88. The summed E-state index contributed by atoms with van der Waals surface area (Å²) in [7, 11) is 0. The van der Waals surface area contributed by atoms with Crippen LogP contribution in [-0.4, -0.2) is 35.7 Å². The smallest absolute Gasteiger partial charge is 0.266 e. The van der Waals surface area contributed by atoms with Crippen LogP contribution in [0.3, 0.4) is 0 Å². The molecule has 1 fully saturated rings. The molecule has 0 unspecified atom stereocenters. The number of terminal acetylenes is 1. The van der Waals surface area contributed by atoms with Gasteiger partial charge in [-0.3, -0.25) is 9.69 Å². The van der Waals surface area contributed by atoms with Crippen LogP contribution >= 0.6 is 11.8 Å². The predicted molar refractivity (Wildman–Crippen MR) is 118 cm³/mol. The molecule has 6 heteroatoms. The van der Waals surface area contributed by atoms with Gasteiger partial charge in [0.15, 0.2) is 5.17 Å². The first-order valence-electron chi connectivity index (χ1n) is 9.34. The number of amidine groups is 1. The maximum atomic E-state index is 12.8. The van der Waals surface area contributed by atoms with Gasteiger partial charge in [0.05, 0.1) is 17.2 Å². The average molecular weight is 407 g/mol. The van der Waals surface area contributed by atoms with Gasteiger partial charge in [-0.25, -0.2) is 4.99 Å². The number of nitrogens with zero attached hydrogens (tertiary/aromatic N) is 2. The lowest BCUT2D eigenvalue weighted by molar-refractivity contribution is -0.122. The van der Waals surface area contributed by atoms with Gasteiger partial charge < -0.3 is 9.47 Å². The monoisotopic (exact) mass is 406 g/mol. The normalized spacial score (nSPS) is 16.3. The quantitative estimate of drug-likeness (QED) is 0.493. The van der Waals surface area contributed by atoms with Crippen molar-refractivity contribution in [3.8, 4) is 23.8 Å². The number of thioether (sulfide) groups is 1. The van der Waals surface area contributed by atoms with Crippen LogP contribution < -0.4 is 9.47 Å². The number of hydrogen-bond acceptors (Lipinski definition) is 5. The number of carbonyl (C=O) groups is 1. The van der Waals surface area contributed by atoms with Crippen molar-refractivity contribution in [3.05, 3.63) is 59.0 Å². The summed E-state index contributed by atoms with van der Waals surface area (Å²) >= 11 is 1.37. The van der Waals surface area contributed by atoms with Crippen molar-refractivity contribution >= 4 is 34.6 Å². The van der Waals surface area contributed by atoms with Crippen LogP contribution in [0.1, 0.15) is 19.4 Å². The molecule has 29 heavy (non-hydrogen) atoms. The third-order valence-electron chi connectivity index (χ3n) is 4.08. The van der Waals surface area contributed by atoms with Crippen LogP contribution in [-0.2, 0) is 4.79 Å². The zero-order valence-electron chi connectivity index (χ0n) is 16.4. The largest absolute Gasteiger partial charge is 0.494 e. The first-order chi connectivity index (χ1) is 14.1. The Morgan fingerprint density at radius 3 is 2.34 bits per heavy atom. The summed E-state index contributed by atoms with van der Waals surface area (Å²) in [6, 6.07) is 15.0. The van der Waals surface area contributed by atoms with Gasteiger partial charge in [-0.1, -0.05) is 18.1 Å². The Morgan fingerprint density at radius 1 is 1.07 bits per heavy atom. The van der Waals surface area contributed by atoms with E-state index in [2.05, 4.69) is 10.9 Å². The van der Waals surface area contributed by atoms with Crippen LogP contribution in [0.2, 0.25) is 0 Å². The number of carbonyl (C=O) groups excluding carboxylic acids is 1. The van der Waals surface area contributed by atoms with Gasteiger partial charge in [-0.15, -0.1) is 6.42 Å². The second kappa shape index (κ2) is 9.85. The lowest BCUT2D eigenvalue weighted by atomic mass is 10.2. The molecular formula is C23H22N2O3S. The molecule has 1 amide bonds. The zero-order valence-corrected chi connectivity index (χ0v) is 17.2. The average Bonchev–Trinajstić information content (AvgIpc) is 3.03. The molecule has 1 aliphatic heterocycles. The summed E-state index contributed by atoms with van der Waals surface area (Å²) < 4.78 is 10.8. The minimum absolute atomic E-state index is 0.0464. The van der Waals surface area contributed by atoms with Crippen molar-refractivity contribution in [2.75, 3.05) is 19.8 Å². The number of likely N-dealkylation sites (N-methyl/N-ethyl adjacent to an activating group) is 1. The molecule has 1 saturated heterocycles. The summed E-state index contributed by atoms with van der Waals surface area (Å²) in [5.41, 5.74) is 1.69. The van der Waals surface area contributed by atoms with Gasteiger partial charge in [0.2, 0.25) is 0 Å². The fourth-order valence-corrected chi connectivity index (χ4v) is 3.76. The van der Waals surface area contributed by atoms with Crippen molar-refractivity contribution in [3.63, 3.8) is 0 Å². The van der Waals surface area contributed by atoms with Crippen LogP contribution in [0.5, 0.6) is 11.5 Å². The van der Waals surface area contributed by atoms with Crippen molar-refractivity contribution < 1.29 is 14.3 Å². The molecule has 2 aromatic rings. The highest BCUT2D eigenvalue weighted by Gasteiger charge is 2.32. The Labute approximate surface area is 175 Å². The topological polar surface area (TPSA) is 51.1 Å². The molecule has 0 spiro atoms. The first kappa shape index (κ1) is 20.6. The number of ether oxygens (including phenoxy) is 2. The Bertz CT molecular complexity index is 957. The van der Waals surface area contributed by atoms with E-state index in [1.165, 1.54) is 11.8 Å². The van der Waals surface area contributed by atoms with E-state index in [0.29, 0.717) is 29.0 Å². The minimum Gasteiger partial charge on any atom is -0.494 e. The molecule has 1 aliphatic rings. The molecular weight excluding hydrogens is 384 g/mol. The molecule has 0 radical (unpaired) electrons. The van der Waals surface area contributed by atoms with E-state index in [4.69, 9.17) is 15.9 Å². The standard InChI is InChI=1S/C23H22N2O3S/c1-4-15-28-20-11-7-17(8-12-20)16-21-22(26)25(5-2)23(29-21)24-18-9-13-19(14-10-18)27-6-3/h1,7-14,16H,5-6,15H2,2-3H3/b21-16+,24-23?. The Hall–Kier alpha value is -3.17. The van der Waals surface area contributed by atoms with Gasteiger partial charge in [0.25, 0.3) is 5.91 Å². The third-order valence-corrected chi connectivity index (χ3v) is 5.08. The molecule has 0 bridgehead atoms. The predicted octanol–water partition coefficient (Wildman–Crippen LogP) is 4.72. The van der Waals surface area contributed by atoms with Crippen LogP contribution in [0, 0.1) is 12.3 Å². The van der Waals surface area contributed by atoms with Gasteiger partial charge in [-0.2, -0.15) is 0 Å². The van der Waals surface area contributed by atoms with E-state index in [9.17, 15) is 4.79 Å². The van der Waals surface area contributed by atoms with E-state index in [1.54, 1.807) is 4.90 Å². The molecule has 1 heterocycles. The van der Waals surface area contributed by atoms with Gasteiger partial charge in [0.1, 0.15) is 18.1 Å². The highest BCUT2D eigenvalue weighted by atomic mass is 32.2. The second-order valence-corrected chi connectivity index (χ2v) is 7.05. The highest BCUT2D eigenvalue weighted by molar-refractivity contribution is 8.18. The molecule has 148 valence electrons. The lowest BCUT2D eigenvalue weighted by Gasteiger charge is -2.12. The van der Waals surface area contributed by atoms with Crippen molar-refractivity contribution in [2.24, 2.45) is 4.99 Å². The zero-order chi connectivity index (χ0) is 20.6. The number of hydrogen-bond donors (Lipinski definition) is 0. The molecule has 0 aromatic heterocycles. The van der Waals surface area contributed by atoms with Crippen LogP contribution in [0.4, 0.5) is 5.69 Å². The van der Waals surface area contributed by atoms with Crippen molar-refractivity contribution in [1.82, 2.24) is 4.90 Å². The molecule has 3 rings (SSSR count). The van der Waals surface area contributed by atoms with Gasteiger partial charge in [-0.05, 0) is 73.6 Å². The number of benzene rings is 2. The molecule has 0 saturated carbocycles. The third kappa shape index (κ3) is 5.21. The van der Waals surface area contributed by atoms with E-state index < -0.39 is 0 Å². The van der Waals surface area contributed by atoms with Crippen LogP contribution in [0.15, 0.2) is 58.4 Å². The number of amides is 1. The maximum absolute atomic E-state index is 12.8. The molecule has 0 atom stereocenters. The Morgan fingerprint density at radius 2 is 1.72 bits per heavy atom. The SMILES string of the molecule is C#CCOc1ccc(/C=C2/SC(=Nc3ccc(OCC)cc3)N(CC)C2=O)cc1. The number of rotatable bonds is 7.